The molecule has 86 valence electrons. The van der Waals surface area contributed by atoms with Crippen LogP contribution in [0.4, 0.5) is 0 Å². The molecule has 0 amide bonds. The van der Waals surface area contributed by atoms with E-state index in [1.54, 1.807) is 0 Å². The summed E-state index contributed by atoms with van der Waals surface area (Å²) in [5.74, 6) is 1.77. The lowest BCUT2D eigenvalue weighted by Crippen LogP contribution is -2.54. The van der Waals surface area contributed by atoms with E-state index in [-0.39, 0.29) is 5.41 Å². The molecule has 2 atom stereocenters. The van der Waals surface area contributed by atoms with Gasteiger partial charge in [-0.05, 0) is 61.2 Å². The molecule has 0 aromatic rings. The summed E-state index contributed by atoms with van der Waals surface area (Å²) in [5, 5.41) is 9.67. The zero-order valence-corrected chi connectivity index (χ0v) is 9.67. The largest absolute Gasteiger partial charge is 0.396 e. The van der Waals surface area contributed by atoms with Crippen molar-refractivity contribution >= 4 is 0 Å². The number of rotatable bonds is 3. The second-order valence-corrected chi connectivity index (χ2v) is 6.55. The molecular formula is C13H22O2. The van der Waals surface area contributed by atoms with Crippen LogP contribution < -0.4 is 0 Å². The molecule has 0 radical (unpaired) electrons. The number of aliphatic hydroxyl groups excluding tert-OH is 1. The van der Waals surface area contributed by atoms with E-state index in [1.807, 2.05) is 7.11 Å². The molecule has 4 aliphatic rings. The van der Waals surface area contributed by atoms with Gasteiger partial charge in [0.1, 0.15) is 0 Å². The molecule has 0 spiro atoms. The number of hydrogen-bond donors (Lipinski definition) is 1. The van der Waals surface area contributed by atoms with Gasteiger partial charge in [0.05, 0.1) is 6.61 Å². The summed E-state index contributed by atoms with van der Waals surface area (Å²) >= 11 is 0. The highest BCUT2D eigenvalue weighted by atomic mass is 16.5. The molecule has 0 heterocycles. The third-order valence-electron chi connectivity index (χ3n) is 5.09. The molecule has 4 fully saturated rings. The summed E-state index contributed by atoms with van der Waals surface area (Å²) in [6.45, 7) is 1.33. The van der Waals surface area contributed by atoms with Gasteiger partial charge in [0.15, 0.2) is 0 Å². The van der Waals surface area contributed by atoms with Crippen molar-refractivity contribution in [3.63, 3.8) is 0 Å². The summed E-state index contributed by atoms with van der Waals surface area (Å²) < 4.78 is 5.43. The lowest BCUT2D eigenvalue weighted by Gasteiger charge is -2.61. The van der Waals surface area contributed by atoms with Crippen LogP contribution in [-0.2, 0) is 4.74 Å². The van der Waals surface area contributed by atoms with Crippen LogP contribution >= 0.6 is 0 Å². The van der Waals surface area contributed by atoms with Crippen molar-refractivity contribution in [2.24, 2.45) is 22.7 Å². The summed E-state index contributed by atoms with van der Waals surface area (Å²) in [7, 11) is 1.82. The fourth-order valence-corrected chi connectivity index (χ4v) is 5.31. The van der Waals surface area contributed by atoms with E-state index in [4.69, 9.17) is 4.74 Å². The molecule has 4 rings (SSSR count). The normalized spacial score (nSPS) is 52.4. The van der Waals surface area contributed by atoms with Crippen LogP contribution in [0, 0.1) is 22.7 Å². The minimum Gasteiger partial charge on any atom is -0.396 e. The van der Waals surface area contributed by atoms with Gasteiger partial charge in [-0.15, -0.1) is 0 Å². The van der Waals surface area contributed by atoms with Crippen molar-refractivity contribution in [3.8, 4) is 0 Å². The van der Waals surface area contributed by atoms with Crippen LogP contribution in [0.5, 0.6) is 0 Å². The van der Waals surface area contributed by atoms with Crippen molar-refractivity contribution in [1.29, 1.82) is 0 Å². The number of ether oxygens (including phenoxy) is 1. The number of aliphatic hydroxyl groups is 1. The van der Waals surface area contributed by atoms with Crippen molar-refractivity contribution in [2.75, 3.05) is 20.3 Å². The smallest absolute Gasteiger partial charge is 0.0519 e. The van der Waals surface area contributed by atoms with Crippen molar-refractivity contribution in [1.82, 2.24) is 0 Å². The first kappa shape index (κ1) is 10.1. The van der Waals surface area contributed by atoms with Crippen molar-refractivity contribution in [3.05, 3.63) is 0 Å². The van der Waals surface area contributed by atoms with Crippen LogP contribution in [0.2, 0.25) is 0 Å². The summed E-state index contributed by atoms with van der Waals surface area (Å²) in [5.41, 5.74) is 0.712. The Bertz CT molecular complexity index is 247. The minimum absolute atomic E-state index is 0.280. The van der Waals surface area contributed by atoms with Crippen LogP contribution in [0.1, 0.15) is 38.5 Å². The van der Waals surface area contributed by atoms with Crippen LogP contribution in [0.15, 0.2) is 0 Å². The average molecular weight is 210 g/mol. The Labute approximate surface area is 92.0 Å². The van der Waals surface area contributed by atoms with Crippen molar-refractivity contribution in [2.45, 2.75) is 38.5 Å². The Morgan fingerprint density at radius 2 is 1.73 bits per heavy atom. The van der Waals surface area contributed by atoms with Gasteiger partial charge in [-0.25, -0.2) is 0 Å². The molecule has 0 aromatic carbocycles. The van der Waals surface area contributed by atoms with Gasteiger partial charge in [0, 0.05) is 13.7 Å². The van der Waals surface area contributed by atoms with Crippen LogP contribution in [0.25, 0.3) is 0 Å². The van der Waals surface area contributed by atoms with Gasteiger partial charge in [-0.3, -0.25) is 0 Å². The summed E-state index contributed by atoms with van der Waals surface area (Å²) in [6.07, 6.45) is 7.93. The fourth-order valence-electron chi connectivity index (χ4n) is 5.31. The van der Waals surface area contributed by atoms with Crippen LogP contribution in [0.3, 0.4) is 0 Å². The molecule has 2 heteroatoms. The van der Waals surface area contributed by atoms with Gasteiger partial charge in [-0.1, -0.05) is 0 Å². The predicted octanol–water partition coefficient (Wildman–Crippen LogP) is 2.21. The molecule has 15 heavy (non-hydrogen) atoms. The van der Waals surface area contributed by atoms with Gasteiger partial charge < -0.3 is 9.84 Å². The molecule has 0 unspecified atom stereocenters. The van der Waals surface area contributed by atoms with E-state index in [1.165, 1.54) is 38.5 Å². The zero-order chi connectivity index (χ0) is 10.5. The maximum Gasteiger partial charge on any atom is 0.0519 e. The SMILES string of the molecule is COCC12C[C@@H]3C[C@H](CC(CO)(C3)C1)C2. The molecule has 4 aliphatic carbocycles. The van der Waals surface area contributed by atoms with E-state index < -0.39 is 0 Å². The molecule has 1 N–H and O–H groups in total. The second kappa shape index (κ2) is 3.21. The first-order valence-electron chi connectivity index (χ1n) is 6.29. The summed E-state index contributed by atoms with van der Waals surface area (Å²) in [6, 6.07) is 0. The first-order valence-corrected chi connectivity index (χ1v) is 6.29. The van der Waals surface area contributed by atoms with Gasteiger partial charge in [-0.2, -0.15) is 0 Å². The molecule has 2 nitrogen and oxygen atoms in total. The maximum absolute atomic E-state index is 9.67. The quantitative estimate of drug-likeness (QED) is 0.774. The van der Waals surface area contributed by atoms with Crippen LogP contribution in [-0.4, -0.2) is 25.4 Å². The Morgan fingerprint density at radius 3 is 2.27 bits per heavy atom. The Morgan fingerprint density at radius 1 is 1.13 bits per heavy atom. The zero-order valence-electron chi connectivity index (χ0n) is 9.67. The molecular weight excluding hydrogens is 188 g/mol. The van der Waals surface area contributed by atoms with E-state index >= 15 is 0 Å². The second-order valence-electron chi connectivity index (χ2n) is 6.55. The number of methoxy groups -OCH3 is 1. The molecule has 0 aromatic heterocycles. The predicted molar refractivity (Wildman–Crippen MR) is 58.5 cm³/mol. The Balaban J connectivity index is 1.88. The highest BCUT2D eigenvalue weighted by Gasteiger charge is 2.57. The molecule has 0 aliphatic heterocycles. The Kier molecular flexibility index (Phi) is 2.16. The summed E-state index contributed by atoms with van der Waals surface area (Å²) in [4.78, 5) is 0. The average Bonchev–Trinajstić information content (AvgIpc) is 2.15. The molecule has 4 saturated carbocycles. The highest BCUT2D eigenvalue weighted by Crippen LogP contribution is 2.65. The van der Waals surface area contributed by atoms with E-state index in [0.717, 1.165) is 18.4 Å². The standard InChI is InChI=1S/C13H22O2/c1-15-9-13-5-10-2-11(6-13)4-12(3-10,7-13)8-14/h10-11,14H,2-9H2,1H3/t10-,11-,12?,13?/m1/s1. The lowest BCUT2D eigenvalue weighted by atomic mass is 9.44. The highest BCUT2D eigenvalue weighted by molar-refractivity contribution is 5.07. The Hall–Kier alpha value is -0.0800. The van der Waals surface area contributed by atoms with E-state index in [0.29, 0.717) is 12.0 Å². The third kappa shape index (κ3) is 1.45. The lowest BCUT2D eigenvalue weighted by molar-refractivity contribution is -0.149. The van der Waals surface area contributed by atoms with Gasteiger partial charge >= 0.3 is 0 Å². The van der Waals surface area contributed by atoms with E-state index in [2.05, 4.69) is 0 Å². The van der Waals surface area contributed by atoms with Gasteiger partial charge in [0.2, 0.25) is 0 Å². The maximum atomic E-state index is 9.67. The fraction of sp³-hybridized carbons (Fsp3) is 1.00. The number of hydrogen-bond acceptors (Lipinski definition) is 2. The molecule has 0 saturated heterocycles. The van der Waals surface area contributed by atoms with E-state index in [9.17, 15) is 5.11 Å². The third-order valence-corrected chi connectivity index (χ3v) is 5.09. The van der Waals surface area contributed by atoms with Crippen molar-refractivity contribution < 1.29 is 9.84 Å². The minimum atomic E-state index is 0.280. The molecule has 4 bridgehead atoms. The monoisotopic (exact) mass is 210 g/mol. The first-order chi connectivity index (χ1) is 7.19. The van der Waals surface area contributed by atoms with Gasteiger partial charge in [0.25, 0.3) is 0 Å². The topological polar surface area (TPSA) is 29.5 Å².